The number of furan rings is 1. The fourth-order valence-electron chi connectivity index (χ4n) is 3.59. The molecule has 1 saturated heterocycles. The Kier molecular flexibility index (Phi) is 5.72. The number of hydrogen-bond acceptors (Lipinski definition) is 5. The van der Waals surface area contributed by atoms with Crippen molar-refractivity contribution in [2.24, 2.45) is 0 Å². The van der Waals surface area contributed by atoms with Gasteiger partial charge in [0.05, 0.1) is 12.2 Å². The summed E-state index contributed by atoms with van der Waals surface area (Å²) in [6.45, 7) is 5.15. The Morgan fingerprint density at radius 3 is 2.50 bits per heavy atom. The lowest BCUT2D eigenvalue weighted by Gasteiger charge is -2.32. The summed E-state index contributed by atoms with van der Waals surface area (Å²) in [4.78, 5) is 30.2. The van der Waals surface area contributed by atoms with Crippen molar-refractivity contribution in [2.75, 3.05) is 45.2 Å². The molecule has 1 N–H and O–H groups in total. The van der Waals surface area contributed by atoms with Crippen LogP contribution in [0.3, 0.4) is 0 Å². The first-order valence-corrected chi connectivity index (χ1v) is 10.1. The van der Waals surface area contributed by atoms with Crippen LogP contribution < -0.4 is 10.1 Å². The largest absolute Gasteiger partial charge is 0.493 e. The zero-order valence-corrected chi connectivity index (χ0v) is 17.2. The predicted molar refractivity (Wildman–Crippen MR) is 115 cm³/mol. The lowest BCUT2D eigenvalue weighted by molar-refractivity contribution is 0.0636. The van der Waals surface area contributed by atoms with Gasteiger partial charge in [0.15, 0.2) is 0 Å². The highest BCUT2D eigenvalue weighted by Crippen LogP contribution is 2.33. The van der Waals surface area contributed by atoms with Crippen LogP contribution in [0.5, 0.6) is 5.75 Å². The van der Waals surface area contributed by atoms with Crippen molar-refractivity contribution in [3.8, 4) is 5.75 Å². The number of benzene rings is 2. The Morgan fingerprint density at radius 1 is 1.03 bits per heavy atom. The van der Waals surface area contributed by atoms with Crippen molar-refractivity contribution < 1.29 is 18.7 Å². The van der Waals surface area contributed by atoms with E-state index < -0.39 is 0 Å². The summed E-state index contributed by atoms with van der Waals surface area (Å²) >= 11 is 0. The van der Waals surface area contributed by atoms with Crippen LogP contribution in [0.25, 0.3) is 11.0 Å². The minimum atomic E-state index is -0.349. The average Bonchev–Trinajstić information content (AvgIpc) is 3.13. The predicted octanol–water partition coefficient (Wildman–Crippen LogP) is 3.47. The van der Waals surface area contributed by atoms with E-state index in [0.717, 1.165) is 13.1 Å². The third kappa shape index (κ3) is 3.89. The maximum atomic E-state index is 13.2. The van der Waals surface area contributed by atoms with Gasteiger partial charge in [0.2, 0.25) is 5.76 Å². The molecule has 0 aliphatic carbocycles. The van der Waals surface area contributed by atoms with Gasteiger partial charge < -0.3 is 24.3 Å². The molecule has 0 spiro atoms. The second-order valence-electron chi connectivity index (χ2n) is 7.28. The monoisotopic (exact) mass is 407 g/mol. The maximum absolute atomic E-state index is 13.2. The molecule has 0 atom stereocenters. The topological polar surface area (TPSA) is 75.0 Å². The van der Waals surface area contributed by atoms with Gasteiger partial charge in [-0.1, -0.05) is 24.3 Å². The molecule has 2 heterocycles. The number of amides is 2. The molecular weight excluding hydrogens is 382 g/mol. The zero-order chi connectivity index (χ0) is 21.1. The standard InChI is InChI=1S/C23H25N3O4/c1-3-29-18-10-6-5-9-17(18)22(27)24-20-16-8-4-7-11-19(16)30-21(20)23(28)26-14-12-25(2)13-15-26/h4-11H,3,12-15H2,1-2H3,(H,24,27). The van der Waals surface area contributed by atoms with Crippen LogP contribution in [-0.2, 0) is 0 Å². The normalized spacial score (nSPS) is 14.7. The molecule has 2 amide bonds. The quantitative estimate of drug-likeness (QED) is 0.701. The van der Waals surface area contributed by atoms with E-state index in [9.17, 15) is 9.59 Å². The molecule has 1 fully saturated rings. The van der Waals surface area contributed by atoms with Gasteiger partial charge in [-0.3, -0.25) is 9.59 Å². The molecule has 7 heteroatoms. The summed E-state index contributed by atoms with van der Waals surface area (Å²) in [5, 5.41) is 3.60. The van der Waals surface area contributed by atoms with Crippen LogP contribution in [0, 0.1) is 0 Å². The van der Waals surface area contributed by atoms with Gasteiger partial charge in [-0.25, -0.2) is 0 Å². The summed E-state index contributed by atoms with van der Waals surface area (Å²) in [5.74, 6) is 0.0889. The molecule has 0 bridgehead atoms. The van der Waals surface area contributed by atoms with E-state index in [4.69, 9.17) is 9.15 Å². The van der Waals surface area contributed by atoms with Crippen LogP contribution in [0.1, 0.15) is 27.8 Å². The molecule has 0 radical (unpaired) electrons. The number of hydrogen-bond donors (Lipinski definition) is 1. The van der Waals surface area contributed by atoms with Crippen molar-refractivity contribution in [2.45, 2.75) is 6.92 Å². The summed E-state index contributed by atoms with van der Waals surface area (Å²) in [5.41, 5.74) is 1.36. The molecule has 156 valence electrons. The van der Waals surface area contributed by atoms with Gasteiger partial charge in [-0.2, -0.15) is 0 Å². The Morgan fingerprint density at radius 2 is 1.73 bits per heavy atom. The summed E-state index contributed by atoms with van der Waals surface area (Å²) in [6.07, 6.45) is 0. The summed E-state index contributed by atoms with van der Waals surface area (Å²) in [6, 6.07) is 14.4. The molecule has 1 aromatic heterocycles. The minimum absolute atomic E-state index is 0.156. The van der Waals surface area contributed by atoms with Crippen molar-refractivity contribution in [1.82, 2.24) is 9.80 Å². The molecule has 30 heavy (non-hydrogen) atoms. The van der Waals surface area contributed by atoms with Gasteiger partial charge in [-0.15, -0.1) is 0 Å². The molecule has 2 aromatic carbocycles. The molecule has 1 aliphatic heterocycles. The minimum Gasteiger partial charge on any atom is -0.493 e. The Hall–Kier alpha value is -3.32. The van der Waals surface area contributed by atoms with E-state index in [-0.39, 0.29) is 17.6 Å². The average molecular weight is 407 g/mol. The number of para-hydroxylation sites is 2. The fourth-order valence-corrected chi connectivity index (χ4v) is 3.59. The summed E-state index contributed by atoms with van der Waals surface area (Å²) in [7, 11) is 2.03. The zero-order valence-electron chi connectivity index (χ0n) is 17.2. The Labute approximate surface area is 175 Å². The molecular formula is C23H25N3O4. The van der Waals surface area contributed by atoms with E-state index in [2.05, 4.69) is 10.2 Å². The number of likely N-dealkylation sites (N-methyl/N-ethyl adjacent to an activating group) is 1. The third-order valence-corrected chi connectivity index (χ3v) is 5.25. The van der Waals surface area contributed by atoms with Gasteiger partial charge in [0.1, 0.15) is 17.0 Å². The number of anilines is 1. The van der Waals surface area contributed by atoms with E-state index >= 15 is 0 Å². The van der Waals surface area contributed by atoms with Gasteiger partial charge in [-0.05, 0) is 38.2 Å². The van der Waals surface area contributed by atoms with Crippen LogP contribution in [0.15, 0.2) is 52.9 Å². The van der Waals surface area contributed by atoms with E-state index in [1.165, 1.54) is 0 Å². The van der Waals surface area contributed by atoms with Crippen LogP contribution in [0.4, 0.5) is 5.69 Å². The molecule has 0 saturated carbocycles. The first kappa shape index (κ1) is 20.0. The summed E-state index contributed by atoms with van der Waals surface area (Å²) < 4.78 is 11.5. The van der Waals surface area contributed by atoms with E-state index in [1.54, 1.807) is 29.2 Å². The molecule has 4 rings (SSSR count). The molecule has 1 aliphatic rings. The van der Waals surface area contributed by atoms with E-state index in [0.29, 0.717) is 47.7 Å². The van der Waals surface area contributed by atoms with Crippen molar-refractivity contribution in [3.63, 3.8) is 0 Å². The maximum Gasteiger partial charge on any atom is 0.291 e. The van der Waals surface area contributed by atoms with Crippen molar-refractivity contribution in [1.29, 1.82) is 0 Å². The SMILES string of the molecule is CCOc1ccccc1C(=O)Nc1c(C(=O)N2CCN(C)CC2)oc2ccccc12. The lowest BCUT2D eigenvalue weighted by atomic mass is 10.1. The second kappa shape index (κ2) is 8.59. The lowest BCUT2D eigenvalue weighted by Crippen LogP contribution is -2.47. The van der Waals surface area contributed by atoms with Gasteiger partial charge in [0.25, 0.3) is 11.8 Å². The number of rotatable bonds is 5. The number of carbonyl (C=O) groups excluding carboxylic acids is 2. The Bertz CT molecular complexity index is 1070. The fraction of sp³-hybridized carbons (Fsp3) is 0.304. The highest BCUT2D eigenvalue weighted by Gasteiger charge is 2.28. The first-order chi connectivity index (χ1) is 14.6. The number of piperazine rings is 1. The molecule has 3 aromatic rings. The molecule has 7 nitrogen and oxygen atoms in total. The van der Waals surface area contributed by atoms with Crippen molar-refractivity contribution in [3.05, 3.63) is 59.9 Å². The first-order valence-electron chi connectivity index (χ1n) is 10.1. The number of ether oxygens (including phenoxy) is 1. The van der Waals surface area contributed by atoms with Crippen LogP contribution in [0.2, 0.25) is 0 Å². The number of fused-ring (bicyclic) bond motifs is 1. The number of nitrogens with one attached hydrogen (secondary N) is 1. The highest BCUT2D eigenvalue weighted by molar-refractivity contribution is 6.15. The van der Waals surface area contributed by atoms with Crippen molar-refractivity contribution >= 4 is 28.5 Å². The van der Waals surface area contributed by atoms with Crippen LogP contribution in [-0.4, -0.2) is 61.4 Å². The van der Waals surface area contributed by atoms with Crippen LogP contribution >= 0.6 is 0 Å². The highest BCUT2D eigenvalue weighted by atomic mass is 16.5. The molecule has 0 unspecified atom stereocenters. The number of nitrogens with zero attached hydrogens (tertiary/aromatic N) is 2. The Balaban J connectivity index is 1.69. The third-order valence-electron chi connectivity index (χ3n) is 5.25. The van der Waals surface area contributed by atoms with Gasteiger partial charge >= 0.3 is 0 Å². The number of carbonyl (C=O) groups is 2. The smallest absolute Gasteiger partial charge is 0.291 e. The van der Waals surface area contributed by atoms with Gasteiger partial charge in [0, 0.05) is 31.6 Å². The second-order valence-corrected chi connectivity index (χ2v) is 7.28. The van der Waals surface area contributed by atoms with E-state index in [1.807, 2.05) is 38.2 Å².